The summed E-state index contributed by atoms with van der Waals surface area (Å²) in [6.45, 7) is 8.61. The first kappa shape index (κ1) is 18.0. The molecule has 2 atom stereocenters. The van der Waals surface area contributed by atoms with Crippen LogP contribution in [0.1, 0.15) is 52.9 Å². The van der Waals surface area contributed by atoms with Crippen molar-refractivity contribution in [3.05, 3.63) is 0 Å². The van der Waals surface area contributed by atoms with E-state index < -0.39 is 5.97 Å². The van der Waals surface area contributed by atoms with Crippen LogP contribution in [0, 0.1) is 17.3 Å². The molecule has 0 spiro atoms. The summed E-state index contributed by atoms with van der Waals surface area (Å²) in [7, 11) is 0. The molecule has 0 aliphatic carbocycles. The van der Waals surface area contributed by atoms with Crippen molar-refractivity contribution in [2.75, 3.05) is 19.6 Å². The van der Waals surface area contributed by atoms with Crippen molar-refractivity contribution < 1.29 is 14.7 Å². The van der Waals surface area contributed by atoms with E-state index in [0.717, 1.165) is 32.4 Å². The second kappa shape index (κ2) is 8.37. The Morgan fingerprint density at radius 3 is 2.57 bits per heavy atom. The summed E-state index contributed by atoms with van der Waals surface area (Å²) < 4.78 is 0. The predicted molar refractivity (Wildman–Crippen MR) is 83.0 cm³/mol. The molecule has 5 heteroatoms. The lowest BCUT2D eigenvalue weighted by atomic mass is 9.81. The third-order valence-corrected chi connectivity index (χ3v) is 4.62. The van der Waals surface area contributed by atoms with E-state index in [1.165, 1.54) is 0 Å². The number of carbonyl (C=O) groups is 2. The quantitative estimate of drug-likeness (QED) is 0.640. The Labute approximate surface area is 127 Å². The van der Waals surface area contributed by atoms with Crippen LogP contribution in [-0.4, -0.2) is 36.6 Å². The Bertz CT molecular complexity index is 349. The summed E-state index contributed by atoms with van der Waals surface area (Å²) in [6.07, 6.45) is 3.70. The van der Waals surface area contributed by atoms with E-state index in [4.69, 9.17) is 5.11 Å². The third-order valence-electron chi connectivity index (χ3n) is 4.62. The first-order chi connectivity index (χ1) is 9.85. The fourth-order valence-electron chi connectivity index (χ4n) is 2.95. The second-order valence-corrected chi connectivity index (χ2v) is 6.82. The molecule has 0 aromatic carbocycles. The second-order valence-electron chi connectivity index (χ2n) is 6.82. The van der Waals surface area contributed by atoms with Crippen LogP contribution in [0.5, 0.6) is 0 Å². The van der Waals surface area contributed by atoms with E-state index in [2.05, 4.69) is 24.5 Å². The number of amides is 1. The number of piperidine rings is 1. The lowest BCUT2D eigenvalue weighted by molar-refractivity contribution is -0.137. The Balaban J connectivity index is 2.35. The molecule has 1 fully saturated rings. The highest BCUT2D eigenvalue weighted by Crippen LogP contribution is 2.26. The summed E-state index contributed by atoms with van der Waals surface area (Å²) >= 11 is 0. The fraction of sp³-hybridized carbons (Fsp3) is 0.875. The van der Waals surface area contributed by atoms with Gasteiger partial charge in [0, 0.05) is 19.5 Å². The molecule has 0 aromatic rings. The molecule has 0 radical (unpaired) electrons. The van der Waals surface area contributed by atoms with E-state index in [-0.39, 0.29) is 17.7 Å². The van der Waals surface area contributed by atoms with E-state index in [1.807, 2.05) is 6.92 Å². The first-order valence-electron chi connectivity index (χ1n) is 8.06. The molecule has 0 saturated carbocycles. The molecule has 122 valence electrons. The highest BCUT2D eigenvalue weighted by atomic mass is 16.4. The average Bonchev–Trinajstić information content (AvgIpc) is 2.42. The van der Waals surface area contributed by atoms with E-state index in [1.54, 1.807) is 0 Å². The molecule has 21 heavy (non-hydrogen) atoms. The number of carbonyl (C=O) groups excluding carboxylic acids is 1. The molecular weight excluding hydrogens is 268 g/mol. The maximum atomic E-state index is 12.3. The highest BCUT2D eigenvalue weighted by Gasteiger charge is 2.34. The van der Waals surface area contributed by atoms with Gasteiger partial charge in [0.05, 0.1) is 5.41 Å². The normalized spacial score (nSPS) is 23.8. The van der Waals surface area contributed by atoms with Crippen molar-refractivity contribution in [1.29, 1.82) is 0 Å². The molecule has 1 rings (SSSR count). The molecule has 5 nitrogen and oxygen atoms in total. The smallest absolute Gasteiger partial charge is 0.303 e. The van der Waals surface area contributed by atoms with Gasteiger partial charge in [0.25, 0.3) is 0 Å². The van der Waals surface area contributed by atoms with Crippen molar-refractivity contribution in [2.45, 2.75) is 52.9 Å². The Morgan fingerprint density at radius 1 is 1.33 bits per heavy atom. The van der Waals surface area contributed by atoms with Crippen LogP contribution < -0.4 is 10.6 Å². The number of rotatable bonds is 8. The van der Waals surface area contributed by atoms with Gasteiger partial charge in [-0.15, -0.1) is 0 Å². The lowest BCUT2D eigenvalue weighted by Crippen LogP contribution is -2.49. The molecule has 1 aliphatic heterocycles. The number of carboxylic acids is 1. The largest absolute Gasteiger partial charge is 0.481 e. The zero-order valence-electron chi connectivity index (χ0n) is 13.6. The van der Waals surface area contributed by atoms with E-state index in [0.29, 0.717) is 24.8 Å². The Kier molecular flexibility index (Phi) is 7.15. The molecular formula is C16H30N2O3. The van der Waals surface area contributed by atoms with E-state index in [9.17, 15) is 9.59 Å². The molecule has 1 heterocycles. The van der Waals surface area contributed by atoms with Crippen LogP contribution >= 0.6 is 0 Å². The lowest BCUT2D eigenvalue weighted by Gasteiger charge is -2.33. The van der Waals surface area contributed by atoms with Crippen LogP contribution in [0.2, 0.25) is 0 Å². The van der Waals surface area contributed by atoms with Gasteiger partial charge < -0.3 is 15.7 Å². The molecule has 1 aliphatic rings. The molecule has 0 bridgehead atoms. The minimum Gasteiger partial charge on any atom is -0.481 e. The number of nitrogens with one attached hydrogen (secondary N) is 2. The van der Waals surface area contributed by atoms with Crippen molar-refractivity contribution >= 4 is 11.9 Å². The van der Waals surface area contributed by atoms with Gasteiger partial charge in [0.1, 0.15) is 0 Å². The predicted octanol–water partition coefficient (Wildman–Crippen LogP) is 2.02. The van der Waals surface area contributed by atoms with Gasteiger partial charge >= 0.3 is 5.97 Å². The van der Waals surface area contributed by atoms with Crippen LogP contribution in [0.25, 0.3) is 0 Å². The molecule has 1 saturated heterocycles. The summed E-state index contributed by atoms with van der Waals surface area (Å²) in [4.78, 5) is 23.0. The number of carboxylic acid groups (broad SMARTS) is 1. The highest BCUT2D eigenvalue weighted by molar-refractivity contribution is 5.82. The van der Waals surface area contributed by atoms with Crippen molar-refractivity contribution in [3.8, 4) is 0 Å². The topological polar surface area (TPSA) is 78.4 Å². The maximum Gasteiger partial charge on any atom is 0.303 e. The van der Waals surface area contributed by atoms with Crippen LogP contribution in [-0.2, 0) is 9.59 Å². The minimum absolute atomic E-state index is 0.121. The van der Waals surface area contributed by atoms with Crippen molar-refractivity contribution in [2.24, 2.45) is 17.3 Å². The van der Waals surface area contributed by atoms with E-state index >= 15 is 0 Å². The first-order valence-corrected chi connectivity index (χ1v) is 8.06. The van der Waals surface area contributed by atoms with Crippen molar-refractivity contribution in [3.63, 3.8) is 0 Å². The fourth-order valence-corrected chi connectivity index (χ4v) is 2.95. The van der Waals surface area contributed by atoms with Gasteiger partial charge in [-0.25, -0.2) is 0 Å². The van der Waals surface area contributed by atoms with Gasteiger partial charge in [-0.1, -0.05) is 13.8 Å². The molecule has 3 N–H and O–H groups in total. The average molecular weight is 298 g/mol. The summed E-state index contributed by atoms with van der Waals surface area (Å²) in [5.41, 5.74) is -0.299. The number of hydrogen-bond acceptors (Lipinski definition) is 3. The van der Waals surface area contributed by atoms with Crippen LogP contribution in [0.3, 0.4) is 0 Å². The molecule has 0 aromatic heterocycles. The van der Waals surface area contributed by atoms with Gasteiger partial charge in [-0.05, 0) is 51.0 Å². The van der Waals surface area contributed by atoms with Gasteiger partial charge in [-0.2, -0.15) is 0 Å². The zero-order valence-corrected chi connectivity index (χ0v) is 13.6. The number of hydrogen-bond donors (Lipinski definition) is 3. The summed E-state index contributed by atoms with van der Waals surface area (Å²) in [5.74, 6) is 0.160. The SMILES string of the molecule is CC(C)C(CCNC(=O)C1(C)CCCNC1)CCC(=O)O. The van der Waals surface area contributed by atoms with Crippen LogP contribution in [0.4, 0.5) is 0 Å². The number of aliphatic carboxylic acids is 1. The molecule has 1 amide bonds. The standard InChI is InChI=1S/C16H30N2O3/c1-12(2)13(5-6-14(19)20)7-10-18-15(21)16(3)8-4-9-17-11-16/h12-13,17H,4-11H2,1-3H3,(H,18,21)(H,19,20). The third kappa shape index (κ3) is 6.04. The van der Waals surface area contributed by atoms with Gasteiger partial charge in [-0.3, -0.25) is 9.59 Å². The van der Waals surface area contributed by atoms with Crippen LogP contribution in [0.15, 0.2) is 0 Å². The monoisotopic (exact) mass is 298 g/mol. The van der Waals surface area contributed by atoms with Crippen molar-refractivity contribution in [1.82, 2.24) is 10.6 Å². The summed E-state index contributed by atoms with van der Waals surface area (Å²) in [5, 5.41) is 15.1. The Morgan fingerprint density at radius 2 is 2.05 bits per heavy atom. The zero-order chi connectivity index (χ0) is 15.9. The van der Waals surface area contributed by atoms with Gasteiger partial charge in [0.15, 0.2) is 0 Å². The maximum absolute atomic E-state index is 12.3. The summed E-state index contributed by atoms with van der Waals surface area (Å²) in [6, 6.07) is 0. The molecule has 2 unspecified atom stereocenters. The Hall–Kier alpha value is -1.10. The minimum atomic E-state index is -0.745. The van der Waals surface area contributed by atoms with Gasteiger partial charge in [0.2, 0.25) is 5.91 Å².